The van der Waals surface area contributed by atoms with Crippen LogP contribution in [-0.2, 0) is 12.0 Å². The summed E-state index contributed by atoms with van der Waals surface area (Å²) < 4.78 is 8.09. The van der Waals surface area contributed by atoms with Crippen molar-refractivity contribution in [2.24, 2.45) is 5.10 Å². The van der Waals surface area contributed by atoms with Gasteiger partial charge >= 0.3 is 5.97 Å². The largest absolute Gasteiger partial charge is 0.488 e. The minimum absolute atomic E-state index is 0.185. The Morgan fingerprint density at radius 1 is 1.11 bits per heavy atom. The molecule has 0 saturated carbocycles. The van der Waals surface area contributed by atoms with Gasteiger partial charge in [-0.25, -0.2) is 9.78 Å². The highest BCUT2D eigenvalue weighted by Gasteiger charge is 2.23. The fraction of sp³-hybridized carbons (Fsp3) is 0.185. The maximum absolute atomic E-state index is 13.4. The van der Waals surface area contributed by atoms with Crippen molar-refractivity contribution in [1.29, 1.82) is 0 Å². The summed E-state index contributed by atoms with van der Waals surface area (Å²) in [6, 6.07) is 19.3. The number of halogens is 1. The van der Waals surface area contributed by atoms with Gasteiger partial charge in [0, 0.05) is 15.5 Å². The van der Waals surface area contributed by atoms with E-state index >= 15 is 0 Å². The average molecular weight is 534 g/mol. The molecule has 0 amide bonds. The van der Waals surface area contributed by atoms with Gasteiger partial charge in [0.05, 0.1) is 22.7 Å². The summed E-state index contributed by atoms with van der Waals surface area (Å²) in [5.74, 6) is 0.104. The van der Waals surface area contributed by atoms with Gasteiger partial charge in [0.25, 0.3) is 5.56 Å². The van der Waals surface area contributed by atoms with E-state index in [4.69, 9.17) is 9.72 Å². The van der Waals surface area contributed by atoms with Gasteiger partial charge in [-0.2, -0.15) is 9.78 Å². The molecule has 1 aromatic heterocycles. The van der Waals surface area contributed by atoms with E-state index in [0.717, 1.165) is 10.0 Å². The Bertz CT molecular complexity index is 1500. The van der Waals surface area contributed by atoms with Gasteiger partial charge in [-0.1, -0.05) is 61.0 Å². The van der Waals surface area contributed by atoms with Crippen LogP contribution in [-0.4, -0.2) is 27.0 Å². The summed E-state index contributed by atoms with van der Waals surface area (Å²) in [5.41, 5.74) is 1.52. The minimum Gasteiger partial charge on any atom is -0.488 e. The summed E-state index contributed by atoms with van der Waals surface area (Å²) in [6.45, 7) is 6.13. The zero-order chi connectivity index (χ0) is 25.2. The Labute approximate surface area is 210 Å². The van der Waals surface area contributed by atoms with Crippen LogP contribution < -0.4 is 10.3 Å². The number of para-hydroxylation sites is 1. The van der Waals surface area contributed by atoms with E-state index in [1.54, 1.807) is 36.5 Å². The summed E-state index contributed by atoms with van der Waals surface area (Å²) in [6.07, 6.45) is 1.57. The van der Waals surface area contributed by atoms with Crippen LogP contribution in [0.4, 0.5) is 0 Å². The molecule has 0 aliphatic rings. The highest BCUT2D eigenvalue weighted by Crippen LogP contribution is 2.23. The number of benzene rings is 3. The maximum atomic E-state index is 13.4. The number of nitrogens with zero attached hydrogens (tertiary/aromatic N) is 3. The second-order valence-corrected chi connectivity index (χ2v) is 9.96. The molecule has 178 valence electrons. The molecule has 8 heteroatoms. The van der Waals surface area contributed by atoms with Crippen molar-refractivity contribution in [1.82, 2.24) is 9.66 Å². The molecule has 4 aromatic rings. The number of aromatic nitrogens is 2. The number of fused-ring (bicyclic) bond motifs is 1. The van der Waals surface area contributed by atoms with Crippen LogP contribution in [0.15, 0.2) is 81.1 Å². The zero-order valence-corrected chi connectivity index (χ0v) is 21.1. The molecular weight excluding hydrogens is 510 g/mol. The number of rotatable bonds is 6. The molecule has 1 heterocycles. The second-order valence-electron chi connectivity index (χ2n) is 9.04. The van der Waals surface area contributed by atoms with E-state index in [0.29, 0.717) is 28.0 Å². The molecule has 3 aromatic carbocycles. The van der Waals surface area contributed by atoms with Crippen molar-refractivity contribution in [2.75, 3.05) is 0 Å². The fourth-order valence-corrected chi connectivity index (χ4v) is 3.90. The number of carboxylic acids is 1. The highest BCUT2D eigenvalue weighted by atomic mass is 79.9. The number of hydrogen-bond donors (Lipinski definition) is 1. The van der Waals surface area contributed by atoms with Gasteiger partial charge in [0.1, 0.15) is 18.2 Å². The van der Waals surface area contributed by atoms with Crippen molar-refractivity contribution in [2.45, 2.75) is 32.8 Å². The van der Waals surface area contributed by atoms with Gasteiger partial charge in [0.2, 0.25) is 0 Å². The molecule has 0 aliphatic carbocycles. The second kappa shape index (κ2) is 9.84. The third-order valence-electron chi connectivity index (χ3n) is 5.28. The monoisotopic (exact) mass is 533 g/mol. The van der Waals surface area contributed by atoms with E-state index in [-0.39, 0.29) is 17.7 Å². The Morgan fingerprint density at radius 3 is 2.63 bits per heavy atom. The molecule has 1 N–H and O–H groups in total. The lowest BCUT2D eigenvalue weighted by atomic mass is 9.95. The maximum Gasteiger partial charge on any atom is 0.335 e. The number of aromatic carboxylic acids is 1. The van der Waals surface area contributed by atoms with Crippen LogP contribution in [0.25, 0.3) is 10.9 Å². The first-order valence-electron chi connectivity index (χ1n) is 10.9. The van der Waals surface area contributed by atoms with Crippen molar-refractivity contribution >= 4 is 39.0 Å². The number of carbonyl (C=O) groups is 1. The first kappa shape index (κ1) is 24.3. The molecule has 35 heavy (non-hydrogen) atoms. The smallest absolute Gasteiger partial charge is 0.335 e. The molecule has 0 spiro atoms. The molecular formula is C27H24BrN3O4. The lowest BCUT2D eigenvalue weighted by molar-refractivity contribution is 0.0696. The topological polar surface area (TPSA) is 93.8 Å². The number of ether oxygens (including phenoxy) is 1. The van der Waals surface area contributed by atoms with E-state index < -0.39 is 11.4 Å². The van der Waals surface area contributed by atoms with Crippen LogP contribution in [0.5, 0.6) is 5.75 Å². The van der Waals surface area contributed by atoms with Crippen molar-refractivity contribution in [3.8, 4) is 5.75 Å². The van der Waals surface area contributed by atoms with Crippen LogP contribution in [0.1, 0.15) is 48.1 Å². The van der Waals surface area contributed by atoms with E-state index in [9.17, 15) is 14.7 Å². The van der Waals surface area contributed by atoms with Gasteiger partial charge < -0.3 is 9.84 Å². The third-order valence-corrected chi connectivity index (χ3v) is 5.77. The van der Waals surface area contributed by atoms with Crippen LogP contribution in [0.3, 0.4) is 0 Å². The minimum atomic E-state index is -0.990. The molecule has 0 fully saturated rings. The molecule has 4 rings (SSSR count). The van der Waals surface area contributed by atoms with Crippen molar-refractivity contribution < 1.29 is 14.6 Å². The van der Waals surface area contributed by atoms with Gasteiger partial charge in [-0.15, -0.1) is 0 Å². The first-order chi connectivity index (χ1) is 16.6. The van der Waals surface area contributed by atoms with Gasteiger partial charge in [0.15, 0.2) is 0 Å². The Morgan fingerprint density at radius 2 is 1.89 bits per heavy atom. The zero-order valence-electron chi connectivity index (χ0n) is 19.5. The van der Waals surface area contributed by atoms with Crippen molar-refractivity contribution in [3.05, 3.63) is 104 Å². The van der Waals surface area contributed by atoms with Crippen LogP contribution >= 0.6 is 15.9 Å². The van der Waals surface area contributed by atoms with E-state index in [1.807, 2.05) is 51.1 Å². The number of carboxylic acid groups (broad SMARTS) is 1. The molecule has 7 nitrogen and oxygen atoms in total. The summed E-state index contributed by atoms with van der Waals surface area (Å²) in [4.78, 5) is 29.3. The predicted octanol–water partition coefficient (Wildman–Crippen LogP) is 5.62. The average Bonchev–Trinajstić information content (AvgIpc) is 2.82. The normalized spacial score (nSPS) is 11.8. The molecule has 0 atom stereocenters. The van der Waals surface area contributed by atoms with Crippen LogP contribution in [0.2, 0.25) is 0 Å². The van der Waals surface area contributed by atoms with E-state index in [2.05, 4.69) is 21.0 Å². The third kappa shape index (κ3) is 5.49. The van der Waals surface area contributed by atoms with Crippen molar-refractivity contribution in [3.63, 3.8) is 0 Å². The standard InChI is InChI=1S/C27H24BrN3O4/c1-27(2,3)26-30-22-12-11-20(28)14-21(22)24(32)31(26)29-15-19-8-4-5-10-23(19)35-16-17-7-6-9-18(13-17)25(33)34/h4-15H,16H2,1-3H3,(H,33,34). The SMILES string of the molecule is CC(C)(C)c1nc2ccc(Br)cc2c(=O)n1N=Cc1ccccc1OCc1cccc(C(=O)O)c1. The Balaban J connectivity index is 1.70. The highest BCUT2D eigenvalue weighted by molar-refractivity contribution is 9.10. The van der Waals surface area contributed by atoms with Gasteiger partial charge in [-0.3, -0.25) is 4.79 Å². The quantitative estimate of drug-likeness (QED) is 0.325. The number of hydrogen-bond acceptors (Lipinski definition) is 5. The Hall–Kier alpha value is -3.78. The van der Waals surface area contributed by atoms with Gasteiger partial charge in [-0.05, 0) is 48.0 Å². The van der Waals surface area contributed by atoms with Crippen LogP contribution in [0, 0.1) is 0 Å². The molecule has 0 saturated heterocycles. The Kier molecular flexibility index (Phi) is 6.84. The molecule has 0 radical (unpaired) electrons. The molecule has 0 bridgehead atoms. The summed E-state index contributed by atoms with van der Waals surface area (Å²) in [7, 11) is 0. The first-order valence-corrected chi connectivity index (χ1v) is 11.7. The van der Waals surface area contributed by atoms with E-state index in [1.165, 1.54) is 10.7 Å². The fourth-order valence-electron chi connectivity index (χ4n) is 3.54. The lowest BCUT2D eigenvalue weighted by Gasteiger charge is -2.21. The predicted molar refractivity (Wildman–Crippen MR) is 140 cm³/mol. The lowest BCUT2D eigenvalue weighted by Crippen LogP contribution is -2.29. The summed E-state index contributed by atoms with van der Waals surface area (Å²) >= 11 is 3.42. The summed E-state index contributed by atoms with van der Waals surface area (Å²) in [5, 5.41) is 14.2. The molecule has 0 aliphatic heterocycles. The molecule has 0 unspecified atom stereocenters.